The van der Waals surface area contributed by atoms with Crippen LogP contribution in [-0.4, -0.2) is 71.7 Å². The molecule has 25 heavy (non-hydrogen) atoms. The Labute approximate surface area is 150 Å². The molecule has 0 aromatic heterocycles. The number of rotatable bonds is 6. The first-order valence-electron chi connectivity index (χ1n) is 9.92. The Hall–Kier alpha value is -1.14. The second-order valence-electron chi connectivity index (χ2n) is 7.99. The van der Waals surface area contributed by atoms with E-state index < -0.39 is 5.60 Å². The van der Waals surface area contributed by atoms with Gasteiger partial charge >= 0.3 is 5.97 Å². The van der Waals surface area contributed by atoms with Crippen molar-refractivity contribution >= 4 is 11.9 Å². The number of β-amino-alcohol motifs (C(OH)–C–C–N with tert-alkyl or cyclic N) is 1. The molecule has 1 saturated carbocycles. The number of nitrogens with zero attached hydrogens (tertiary/aromatic N) is 2. The zero-order valence-electron chi connectivity index (χ0n) is 15.4. The fraction of sp³-hybridized carbons (Fsp3) is 0.895. The second kappa shape index (κ2) is 8.04. The van der Waals surface area contributed by atoms with E-state index in [9.17, 15) is 14.7 Å². The Morgan fingerprint density at radius 2 is 1.92 bits per heavy atom. The molecule has 0 spiro atoms. The maximum atomic E-state index is 12.8. The van der Waals surface area contributed by atoms with Crippen LogP contribution in [0.1, 0.15) is 51.9 Å². The van der Waals surface area contributed by atoms with Crippen molar-refractivity contribution in [2.24, 2.45) is 11.8 Å². The molecule has 3 fully saturated rings. The molecule has 2 saturated heterocycles. The van der Waals surface area contributed by atoms with Crippen molar-refractivity contribution in [1.82, 2.24) is 9.80 Å². The lowest BCUT2D eigenvalue weighted by molar-refractivity contribution is -0.162. The van der Waals surface area contributed by atoms with E-state index >= 15 is 0 Å². The molecule has 6 nitrogen and oxygen atoms in total. The lowest BCUT2D eigenvalue weighted by atomic mass is 9.83. The van der Waals surface area contributed by atoms with Crippen molar-refractivity contribution in [2.75, 3.05) is 39.3 Å². The topological polar surface area (TPSA) is 70.1 Å². The predicted octanol–water partition coefficient (Wildman–Crippen LogP) is 1.42. The second-order valence-corrected chi connectivity index (χ2v) is 7.99. The molecule has 3 rings (SSSR count). The normalized spacial score (nSPS) is 29.5. The third kappa shape index (κ3) is 4.34. The van der Waals surface area contributed by atoms with E-state index in [-0.39, 0.29) is 17.8 Å². The minimum atomic E-state index is -1.25. The van der Waals surface area contributed by atoms with Crippen molar-refractivity contribution in [2.45, 2.75) is 57.5 Å². The number of esters is 1. The zero-order valence-corrected chi connectivity index (χ0v) is 15.4. The van der Waals surface area contributed by atoms with Crippen molar-refractivity contribution in [3.05, 3.63) is 0 Å². The van der Waals surface area contributed by atoms with Gasteiger partial charge in [0.25, 0.3) is 5.91 Å². The number of amides is 1. The molecule has 0 bridgehead atoms. The van der Waals surface area contributed by atoms with Gasteiger partial charge in [0, 0.05) is 19.6 Å². The summed E-state index contributed by atoms with van der Waals surface area (Å²) < 4.78 is 5.10. The highest BCUT2D eigenvalue weighted by molar-refractivity contribution is 5.86. The van der Waals surface area contributed by atoms with Gasteiger partial charge in [0.15, 0.2) is 5.60 Å². The fourth-order valence-electron chi connectivity index (χ4n) is 4.33. The average Bonchev–Trinajstić information content (AvgIpc) is 2.55. The van der Waals surface area contributed by atoms with Crippen LogP contribution in [0.2, 0.25) is 0 Å². The molecule has 142 valence electrons. The number of likely N-dealkylation sites (tertiary alicyclic amines) is 2. The van der Waals surface area contributed by atoms with Gasteiger partial charge in [-0.15, -0.1) is 0 Å². The summed E-state index contributed by atoms with van der Waals surface area (Å²) in [6.07, 6.45) is 6.60. The van der Waals surface area contributed by atoms with Crippen LogP contribution >= 0.6 is 0 Å². The summed E-state index contributed by atoms with van der Waals surface area (Å²) in [7, 11) is 0. The Kier molecular flexibility index (Phi) is 6.00. The quantitative estimate of drug-likeness (QED) is 0.732. The molecular formula is C19H32N2O4. The molecule has 0 radical (unpaired) electrons. The van der Waals surface area contributed by atoms with E-state index in [4.69, 9.17) is 4.74 Å². The monoisotopic (exact) mass is 352 g/mol. The Bertz CT molecular complexity index is 486. The van der Waals surface area contributed by atoms with Gasteiger partial charge in [-0.1, -0.05) is 6.42 Å². The summed E-state index contributed by atoms with van der Waals surface area (Å²) in [6.45, 7) is 5.71. The number of carbonyl (C=O) groups is 2. The van der Waals surface area contributed by atoms with Gasteiger partial charge in [0.05, 0.1) is 12.5 Å². The van der Waals surface area contributed by atoms with Gasteiger partial charge in [-0.05, 0) is 64.5 Å². The molecule has 0 aromatic rings. The first kappa shape index (κ1) is 18.6. The van der Waals surface area contributed by atoms with Crippen molar-refractivity contribution in [1.29, 1.82) is 0 Å². The van der Waals surface area contributed by atoms with E-state index in [0.717, 1.165) is 45.4 Å². The Morgan fingerprint density at radius 3 is 2.52 bits per heavy atom. The summed E-state index contributed by atoms with van der Waals surface area (Å²) in [5.74, 6) is 0.397. The summed E-state index contributed by atoms with van der Waals surface area (Å²) in [4.78, 5) is 28.7. The fourth-order valence-corrected chi connectivity index (χ4v) is 4.33. The van der Waals surface area contributed by atoms with Gasteiger partial charge in [-0.3, -0.25) is 14.5 Å². The summed E-state index contributed by atoms with van der Waals surface area (Å²) >= 11 is 0. The molecule has 2 heterocycles. The SMILES string of the molecule is CCOC(=O)C1CCN(C[C@@]2(O)CCCN(CC3CCC3)C2=O)CC1. The zero-order chi connectivity index (χ0) is 17.9. The van der Waals surface area contributed by atoms with Crippen LogP contribution in [0.25, 0.3) is 0 Å². The summed E-state index contributed by atoms with van der Waals surface area (Å²) in [5.41, 5.74) is -1.25. The number of ether oxygens (including phenoxy) is 1. The van der Waals surface area contributed by atoms with Crippen molar-refractivity contribution in [3.63, 3.8) is 0 Å². The number of piperidine rings is 2. The average molecular weight is 352 g/mol. The van der Waals surface area contributed by atoms with E-state index in [1.165, 1.54) is 19.3 Å². The Balaban J connectivity index is 1.51. The molecule has 1 aliphatic carbocycles. The number of hydrogen-bond acceptors (Lipinski definition) is 5. The maximum absolute atomic E-state index is 12.8. The third-order valence-electron chi connectivity index (χ3n) is 6.10. The van der Waals surface area contributed by atoms with Crippen LogP contribution in [0.5, 0.6) is 0 Å². The van der Waals surface area contributed by atoms with Crippen LogP contribution in [0, 0.1) is 11.8 Å². The van der Waals surface area contributed by atoms with Crippen LogP contribution in [0.4, 0.5) is 0 Å². The van der Waals surface area contributed by atoms with Crippen LogP contribution in [0.15, 0.2) is 0 Å². The standard InChI is InChI=1S/C19H32N2O4/c1-2-25-17(22)16-7-11-20(12-8-16)14-19(24)9-4-10-21(18(19)23)13-15-5-3-6-15/h15-16,24H,2-14H2,1H3/t19-/m0/s1. The van der Waals surface area contributed by atoms with E-state index in [2.05, 4.69) is 4.90 Å². The van der Waals surface area contributed by atoms with Crippen LogP contribution in [-0.2, 0) is 14.3 Å². The van der Waals surface area contributed by atoms with Gasteiger partial charge in [0.2, 0.25) is 0 Å². The lowest BCUT2D eigenvalue weighted by Gasteiger charge is -2.43. The molecule has 1 atom stereocenters. The molecule has 3 aliphatic rings. The van der Waals surface area contributed by atoms with Gasteiger partial charge in [-0.25, -0.2) is 0 Å². The molecule has 1 amide bonds. The van der Waals surface area contributed by atoms with Crippen LogP contribution in [0.3, 0.4) is 0 Å². The van der Waals surface area contributed by atoms with Crippen molar-refractivity contribution in [3.8, 4) is 0 Å². The number of carbonyl (C=O) groups excluding carboxylic acids is 2. The highest BCUT2D eigenvalue weighted by Gasteiger charge is 2.44. The van der Waals surface area contributed by atoms with E-state index in [0.29, 0.717) is 25.5 Å². The maximum Gasteiger partial charge on any atom is 0.309 e. The summed E-state index contributed by atoms with van der Waals surface area (Å²) in [5, 5.41) is 11.0. The molecule has 0 unspecified atom stereocenters. The number of hydrogen-bond donors (Lipinski definition) is 1. The highest BCUT2D eigenvalue weighted by Crippen LogP contribution is 2.31. The molecular weight excluding hydrogens is 320 g/mol. The first-order chi connectivity index (χ1) is 12.0. The van der Waals surface area contributed by atoms with Gasteiger partial charge in [0.1, 0.15) is 0 Å². The lowest BCUT2D eigenvalue weighted by Crippen LogP contribution is -2.60. The Morgan fingerprint density at radius 1 is 1.20 bits per heavy atom. The van der Waals surface area contributed by atoms with E-state index in [1.807, 2.05) is 11.8 Å². The third-order valence-corrected chi connectivity index (χ3v) is 6.10. The van der Waals surface area contributed by atoms with Crippen LogP contribution < -0.4 is 0 Å². The molecule has 1 N–H and O–H groups in total. The van der Waals surface area contributed by atoms with Gasteiger partial charge in [-0.2, -0.15) is 0 Å². The molecule has 6 heteroatoms. The molecule has 2 aliphatic heterocycles. The smallest absolute Gasteiger partial charge is 0.309 e. The first-order valence-corrected chi connectivity index (χ1v) is 9.92. The minimum Gasteiger partial charge on any atom is -0.466 e. The highest BCUT2D eigenvalue weighted by atomic mass is 16.5. The summed E-state index contributed by atoms with van der Waals surface area (Å²) in [6, 6.07) is 0. The molecule has 0 aromatic carbocycles. The largest absolute Gasteiger partial charge is 0.466 e. The van der Waals surface area contributed by atoms with Crippen molar-refractivity contribution < 1.29 is 19.4 Å². The minimum absolute atomic E-state index is 0.0389. The predicted molar refractivity (Wildman–Crippen MR) is 93.9 cm³/mol. The number of aliphatic hydroxyl groups is 1. The van der Waals surface area contributed by atoms with Gasteiger partial charge < -0.3 is 14.7 Å². The van der Waals surface area contributed by atoms with E-state index in [1.54, 1.807) is 0 Å².